The smallest absolute Gasteiger partial charge is 0.387 e. The minimum atomic E-state index is -0.595. The lowest BCUT2D eigenvalue weighted by Gasteiger charge is -2.36. The zero-order valence-electron chi connectivity index (χ0n) is 13.3. The molecule has 1 saturated heterocycles. The Hall–Kier alpha value is -1.93. The molecule has 0 unspecified atom stereocenters. The third kappa shape index (κ3) is 3.53. The molecule has 2 aromatic heterocycles. The van der Waals surface area contributed by atoms with Gasteiger partial charge in [0.25, 0.3) is 5.89 Å². The van der Waals surface area contributed by atoms with Gasteiger partial charge in [-0.25, -0.2) is 4.79 Å². The first-order valence-electron chi connectivity index (χ1n) is 7.68. The minimum Gasteiger partial charge on any atom is -0.387 e. The highest BCUT2D eigenvalue weighted by atomic mass is 32.1. The summed E-state index contributed by atoms with van der Waals surface area (Å²) in [4.78, 5) is 29.1. The van der Waals surface area contributed by atoms with Crippen LogP contribution < -0.4 is 5.76 Å². The summed E-state index contributed by atoms with van der Waals surface area (Å²) in [5, 5.41) is 6.00. The highest BCUT2D eigenvalue weighted by Crippen LogP contribution is 2.21. The molecule has 0 aromatic carbocycles. The Balaban J connectivity index is 1.64. The largest absolute Gasteiger partial charge is 0.437 e. The molecule has 0 aliphatic carbocycles. The second-order valence-corrected chi connectivity index (χ2v) is 6.77. The van der Waals surface area contributed by atoms with Crippen LogP contribution in [-0.2, 0) is 11.3 Å². The van der Waals surface area contributed by atoms with Crippen molar-refractivity contribution in [3.05, 3.63) is 28.1 Å². The molecule has 0 saturated carbocycles. The summed E-state index contributed by atoms with van der Waals surface area (Å²) in [7, 11) is 0. The van der Waals surface area contributed by atoms with Crippen molar-refractivity contribution in [2.75, 3.05) is 26.2 Å². The molecule has 1 aliphatic rings. The van der Waals surface area contributed by atoms with Gasteiger partial charge in [0.2, 0.25) is 5.91 Å². The molecule has 0 bridgehead atoms. The van der Waals surface area contributed by atoms with E-state index in [0.717, 1.165) is 22.6 Å². The SMILES string of the molecule is CC(C)N1CCN(C(=O)Cn2nc(-c3cccs3)oc2=O)CC1. The van der Waals surface area contributed by atoms with E-state index < -0.39 is 5.76 Å². The number of carbonyl (C=O) groups excluding carboxylic acids is 1. The van der Waals surface area contributed by atoms with Gasteiger partial charge in [0.1, 0.15) is 6.54 Å². The standard InChI is InChI=1S/C15H20N4O3S/c1-11(2)17-5-7-18(8-6-17)13(20)10-19-15(21)22-14(16-19)12-4-3-9-23-12/h3-4,9,11H,5-8,10H2,1-2H3. The van der Waals surface area contributed by atoms with Crippen LogP contribution in [0.5, 0.6) is 0 Å². The molecule has 1 aliphatic heterocycles. The summed E-state index contributed by atoms with van der Waals surface area (Å²) < 4.78 is 6.23. The number of thiophene rings is 1. The Morgan fingerprint density at radius 2 is 2.09 bits per heavy atom. The van der Waals surface area contributed by atoms with Gasteiger partial charge in [-0.05, 0) is 25.3 Å². The molecule has 7 nitrogen and oxygen atoms in total. The van der Waals surface area contributed by atoms with E-state index in [1.807, 2.05) is 17.5 Å². The van der Waals surface area contributed by atoms with Crippen LogP contribution in [0.1, 0.15) is 13.8 Å². The van der Waals surface area contributed by atoms with E-state index >= 15 is 0 Å². The van der Waals surface area contributed by atoms with Crippen LogP contribution in [0, 0.1) is 0 Å². The number of carbonyl (C=O) groups is 1. The molecule has 23 heavy (non-hydrogen) atoms. The molecule has 1 amide bonds. The minimum absolute atomic E-state index is 0.0740. The fourth-order valence-corrected chi connectivity index (χ4v) is 3.27. The van der Waals surface area contributed by atoms with Crippen molar-refractivity contribution in [1.82, 2.24) is 19.6 Å². The van der Waals surface area contributed by atoms with Crippen molar-refractivity contribution >= 4 is 17.2 Å². The maximum atomic E-state index is 12.4. The van der Waals surface area contributed by atoms with Gasteiger partial charge in [-0.15, -0.1) is 16.4 Å². The molecule has 1 fully saturated rings. The van der Waals surface area contributed by atoms with Gasteiger partial charge in [0, 0.05) is 32.2 Å². The first-order chi connectivity index (χ1) is 11.0. The molecule has 8 heteroatoms. The monoisotopic (exact) mass is 336 g/mol. The summed E-state index contributed by atoms with van der Waals surface area (Å²) in [6, 6.07) is 4.17. The van der Waals surface area contributed by atoms with Crippen LogP contribution in [0.2, 0.25) is 0 Å². The summed E-state index contributed by atoms with van der Waals surface area (Å²) in [6.45, 7) is 7.31. The molecule has 3 rings (SSSR count). The van der Waals surface area contributed by atoms with Crippen molar-refractivity contribution in [2.45, 2.75) is 26.4 Å². The Kier molecular flexibility index (Phi) is 4.63. The zero-order valence-corrected chi connectivity index (χ0v) is 14.1. The number of aromatic nitrogens is 2. The highest BCUT2D eigenvalue weighted by molar-refractivity contribution is 7.13. The predicted molar refractivity (Wildman–Crippen MR) is 87.4 cm³/mol. The van der Waals surface area contributed by atoms with Gasteiger partial charge >= 0.3 is 5.76 Å². The van der Waals surface area contributed by atoms with E-state index in [1.54, 1.807) is 4.90 Å². The Labute approximate surface area is 138 Å². The predicted octanol–water partition coefficient (Wildman–Crippen LogP) is 1.12. The number of hydrogen-bond donors (Lipinski definition) is 0. The Morgan fingerprint density at radius 1 is 1.35 bits per heavy atom. The van der Waals surface area contributed by atoms with Gasteiger partial charge in [-0.1, -0.05) is 6.07 Å². The van der Waals surface area contributed by atoms with Crippen molar-refractivity contribution in [2.24, 2.45) is 0 Å². The van der Waals surface area contributed by atoms with E-state index in [9.17, 15) is 9.59 Å². The highest BCUT2D eigenvalue weighted by Gasteiger charge is 2.23. The zero-order chi connectivity index (χ0) is 16.4. The van der Waals surface area contributed by atoms with Crippen LogP contribution in [0.15, 0.2) is 26.7 Å². The van der Waals surface area contributed by atoms with Crippen LogP contribution in [0.25, 0.3) is 10.8 Å². The van der Waals surface area contributed by atoms with E-state index in [-0.39, 0.29) is 18.3 Å². The first kappa shape index (κ1) is 15.9. The second-order valence-electron chi connectivity index (χ2n) is 5.82. The van der Waals surface area contributed by atoms with Crippen molar-refractivity contribution in [3.63, 3.8) is 0 Å². The van der Waals surface area contributed by atoms with E-state index in [1.165, 1.54) is 11.3 Å². The molecule has 0 radical (unpaired) electrons. The number of rotatable bonds is 4. The maximum absolute atomic E-state index is 12.4. The summed E-state index contributed by atoms with van der Waals surface area (Å²) in [5.74, 6) is -0.425. The topological polar surface area (TPSA) is 71.6 Å². The van der Waals surface area contributed by atoms with Crippen molar-refractivity contribution in [1.29, 1.82) is 0 Å². The average molecular weight is 336 g/mol. The number of amides is 1. The van der Waals surface area contributed by atoms with Crippen LogP contribution >= 0.6 is 11.3 Å². The molecule has 2 aromatic rings. The molecule has 124 valence electrons. The Morgan fingerprint density at radius 3 is 2.70 bits per heavy atom. The van der Waals surface area contributed by atoms with Gasteiger partial charge < -0.3 is 9.32 Å². The third-order valence-electron chi connectivity index (χ3n) is 4.02. The van der Waals surface area contributed by atoms with E-state index in [2.05, 4.69) is 23.8 Å². The fourth-order valence-electron chi connectivity index (χ4n) is 2.62. The lowest BCUT2D eigenvalue weighted by atomic mass is 10.2. The van der Waals surface area contributed by atoms with Gasteiger partial charge in [-0.3, -0.25) is 9.69 Å². The van der Waals surface area contributed by atoms with E-state index in [4.69, 9.17) is 4.42 Å². The summed E-state index contributed by atoms with van der Waals surface area (Å²) in [6.07, 6.45) is 0. The van der Waals surface area contributed by atoms with Gasteiger partial charge in [0.05, 0.1) is 4.88 Å². The summed E-state index contributed by atoms with van der Waals surface area (Å²) in [5.41, 5.74) is 0. The molecule has 3 heterocycles. The fraction of sp³-hybridized carbons (Fsp3) is 0.533. The van der Waals surface area contributed by atoms with Gasteiger partial charge in [-0.2, -0.15) is 4.68 Å². The Bertz CT molecular complexity index is 711. The van der Waals surface area contributed by atoms with Crippen LogP contribution in [-0.4, -0.2) is 57.7 Å². The molecule has 0 N–H and O–H groups in total. The first-order valence-corrected chi connectivity index (χ1v) is 8.56. The number of nitrogens with zero attached hydrogens (tertiary/aromatic N) is 4. The van der Waals surface area contributed by atoms with Crippen LogP contribution in [0.3, 0.4) is 0 Å². The number of piperazine rings is 1. The molecular formula is C15H20N4O3S. The van der Waals surface area contributed by atoms with Crippen molar-refractivity contribution < 1.29 is 9.21 Å². The van der Waals surface area contributed by atoms with Gasteiger partial charge in [0.15, 0.2) is 0 Å². The normalized spacial score (nSPS) is 16.2. The maximum Gasteiger partial charge on any atom is 0.437 e. The number of hydrogen-bond acceptors (Lipinski definition) is 6. The molecular weight excluding hydrogens is 316 g/mol. The molecule has 0 atom stereocenters. The molecule has 0 spiro atoms. The lowest BCUT2D eigenvalue weighted by molar-refractivity contribution is -0.134. The van der Waals surface area contributed by atoms with Crippen molar-refractivity contribution in [3.8, 4) is 10.8 Å². The quantitative estimate of drug-likeness (QED) is 0.837. The second kappa shape index (κ2) is 6.67. The average Bonchev–Trinajstić information content (AvgIpc) is 3.18. The third-order valence-corrected chi connectivity index (χ3v) is 4.88. The van der Waals surface area contributed by atoms with Crippen LogP contribution in [0.4, 0.5) is 0 Å². The lowest BCUT2D eigenvalue weighted by Crippen LogP contribution is -2.51. The summed E-state index contributed by atoms with van der Waals surface area (Å²) >= 11 is 1.44. The van der Waals surface area contributed by atoms with E-state index in [0.29, 0.717) is 19.1 Å².